The molecule has 0 unspecified atom stereocenters. The molecular formula is C18H18ClN7. The van der Waals surface area contributed by atoms with Crippen LogP contribution in [0.2, 0.25) is 5.28 Å². The molecule has 3 rings (SSSR count). The molecule has 0 aliphatic carbocycles. The average molecular weight is 368 g/mol. The first-order valence-corrected chi connectivity index (χ1v) is 8.39. The zero-order valence-electron chi connectivity index (χ0n) is 13.9. The van der Waals surface area contributed by atoms with Gasteiger partial charge in [-0.25, -0.2) is 0 Å². The smallest absolute Gasteiger partial charge is 0.233 e. The van der Waals surface area contributed by atoms with Crippen LogP contribution in [-0.4, -0.2) is 27.3 Å². The normalized spacial score (nSPS) is 10.3. The lowest BCUT2D eigenvalue weighted by atomic mass is 10.1. The lowest BCUT2D eigenvalue weighted by molar-refractivity contribution is 0.966. The van der Waals surface area contributed by atoms with E-state index in [4.69, 9.17) is 22.7 Å². The van der Waals surface area contributed by atoms with Gasteiger partial charge in [0.25, 0.3) is 0 Å². The first-order chi connectivity index (χ1) is 12.6. The lowest BCUT2D eigenvalue weighted by Gasteiger charge is -2.09. The molecule has 0 radical (unpaired) electrons. The third kappa shape index (κ3) is 4.90. The third-order valence-corrected chi connectivity index (χ3v) is 3.77. The van der Waals surface area contributed by atoms with Gasteiger partial charge in [-0.15, -0.1) is 0 Å². The Bertz CT molecular complexity index is 882. The Kier molecular flexibility index (Phi) is 5.60. The number of amidine groups is 1. The van der Waals surface area contributed by atoms with E-state index in [0.29, 0.717) is 24.0 Å². The number of benzene rings is 2. The summed E-state index contributed by atoms with van der Waals surface area (Å²) in [5.74, 6) is 0.760. The molecule has 7 nitrogen and oxygen atoms in total. The molecule has 0 saturated carbocycles. The van der Waals surface area contributed by atoms with Crippen molar-refractivity contribution in [3.05, 3.63) is 71.0 Å². The highest BCUT2D eigenvalue weighted by Gasteiger charge is 2.06. The number of halogens is 1. The van der Waals surface area contributed by atoms with Crippen molar-refractivity contribution in [2.75, 3.05) is 17.2 Å². The number of aromatic nitrogens is 3. The van der Waals surface area contributed by atoms with Crippen molar-refractivity contribution >= 4 is 35.0 Å². The molecule has 1 heterocycles. The van der Waals surface area contributed by atoms with Gasteiger partial charge in [0.05, 0.1) is 0 Å². The SMILES string of the molecule is N=C(N)c1ccc(Nc2nc(Cl)nc(NCCc3ccccc3)n2)cc1. The molecule has 0 fully saturated rings. The fraction of sp³-hybridized carbons (Fsp3) is 0.111. The second kappa shape index (κ2) is 8.26. The summed E-state index contributed by atoms with van der Waals surface area (Å²) in [5.41, 5.74) is 8.08. The monoisotopic (exact) mass is 367 g/mol. The molecule has 26 heavy (non-hydrogen) atoms. The van der Waals surface area contributed by atoms with E-state index >= 15 is 0 Å². The summed E-state index contributed by atoms with van der Waals surface area (Å²) in [6.07, 6.45) is 0.847. The predicted molar refractivity (Wildman–Crippen MR) is 104 cm³/mol. The third-order valence-electron chi connectivity index (χ3n) is 3.60. The quantitative estimate of drug-likeness (QED) is 0.377. The summed E-state index contributed by atoms with van der Waals surface area (Å²) in [4.78, 5) is 12.5. The number of nitrogen functional groups attached to an aromatic ring is 1. The van der Waals surface area contributed by atoms with Crippen LogP contribution < -0.4 is 16.4 Å². The van der Waals surface area contributed by atoms with Crippen molar-refractivity contribution in [2.45, 2.75) is 6.42 Å². The molecule has 5 N–H and O–H groups in total. The van der Waals surface area contributed by atoms with Gasteiger partial charge in [-0.05, 0) is 47.9 Å². The van der Waals surface area contributed by atoms with Crippen molar-refractivity contribution in [1.29, 1.82) is 5.41 Å². The maximum atomic E-state index is 7.41. The van der Waals surface area contributed by atoms with Crippen LogP contribution in [0.3, 0.4) is 0 Å². The Morgan fingerprint density at radius 2 is 1.65 bits per heavy atom. The van der Waals surface area contributed by atoms with Crippen molar-refractivity contribution in [3.8, 4) is 0 Å². The summed E-state index contributed by atoms with van der Waals surface area (Å²) in [6, 6.07) is 17.2. The van der Waals surface area contributed by atoms with E-state index < -0.39 is 0 Å². The Morgan fingerprint density at radius 1 is 0.962 bits per heavy atom. The zero-order valence-corrected chi connectivity index (χ0v) is 14.7. The van der Waals surface area contributed by atoms with Crippen molar-refractivity contribution in [3.63, 3.8) is 0 Å². The number of anilines is 3. The van der Waals surface area contributed by atoms with E-state index in [-0.39, 0.29) is 11.1 Å². The number of hydrogen-bond acceptors (Lipinski definition) is 6. The van der Waals surface area contributed by atoms with Crippen LogP contribution in [0.25, 0.3) is 0 Å². The van der Waals surface area contributed by atoms with E-state index in [1.165, 1.54) is 5.56 Å². The first kappa shape index (κ1) is 17.6. The molecule has 0 saturated heterocycles. The van der Waals surface area contributed by atoms with E-state index in [9.17, 15) is 0 Å². The van der Waals surface area contributed by atoms with E-state index in [1.807, 2.05) is 18.2 Å². The molecule has 132 valence electrons. The molecule has 0 atom stereocenters. The molecule has 0 aliphatic rings. The Morgan fingerprint density at radius 3 is 2.35 bits per heavy atom. The molecule has 0 aliphatic heterocycles. The van der Waals surface area contributed by atoms with Gasteiger partial charge in [0, 0.05) is 17.8 Å². The minimum absolute atomic E-state index is 0.0182. The molecule has 0 spiro atoms. The maximum Gasteiger partial charge on any atom is 0.233 e. The van der Waals surface area contributed by atoms with Gasteiger partial charge >= 0.3 is 0 Å². The minimum atomic E-state index is 0.0182. The van der Waals surface area contributed by atoms with Crippen LogP contribution in [0.4, 0.5) is 17.6 Å². The average Bonchev–Trinajstić information content (AvgIpc) is 2.62. The van der Waals surface area contributed by atoms with Gasteiger partial charge < -0.3 is 16.4 Å². The van der Waals surface area contributed by atoms with Gasteiger partial charge in [-0.1, -0.05) is 30.3 Å². The molecule has 2 aromatic carbocycles. The van der Waals surface area contributed by atoms with Crippen LogP contribution in [0.5, 0.6) is 0 Å². The molecule has 0 bridgehead atoms. The summed E-state index contributed by atoms with van der Waals surface area (Å²) >= 11 is 5.99. The Hall–Kier alpha value is -3.19. The summed E-state index contributed by atoms with van der Waals surface area (Å²) in [6.45, 7) is 0.678. The number of rotatable bonds is 7. The second-order valence-corrected chi connectivity index (χ2v) is 5.87. The maximum absolute atomic E-state index is 7.41. The van der Waals surface area contributed by atoms with Gasteiger partial charge in [0.1, 0.15) is 5.84 Å². The first-order valence-electron chi connectivity index (χ1n) is 8.01. The van der Waals surface area contributed by atoms with Crippen molar-refractivity contribution < 1.29 is 0 Å². The Labute approximate surface area is 156 Å². The van der Waals surface area contributed by atoms with E-state index in [0.717, 1.165) is 12.1 Å². The van der Waals surface area contributed by atoms with Crippen LogP contribution in [0.1, 0.15) is 11.1 Å². The standard InChI is InChI=1S/C18H18ClN7/c19-16-24-17(22-11-10-12-4-2-1-3-5-12)26-18(25-16)23-14-8-6-13(7-9-14)15(20)21/h1-9H,10-11H2,(H3,20,21)(H2,22,23,24,25,26). The van der Waals surface area contributed by atoms with Crippen LogP contribution in [-0.2, 0) is 6.42 Å². The molecule has 0 amide bonds. The summed E-state index contributed by atoms with van der Waals surface area (Å²) in [7, 11) is 0. The highest BCUT2D eigenvalue weighted by molar-refractivity contribution is 6.28. The zero-order chi connectivity index (χ0) is 18.4. The minimum Gasteiger partial charge on any atom is -0.384 e. The summed E-state index contributed by atoms with van der Waals surface area (Å²) < 4.78 is 0. The highest BCUT2D eigenvalue weighted by Crippen LogP contribution is 2.16. The second-order valence-electron chi connectivity index (χ2n) is 5.53. The van der Waals surface area contributed by atoms with Gasteiger partial charge in [-0.3, -0.25) is 5.41 Å². The fourth-order valence-corrected chi connectivity index (χ4v) is 2.47. The number of nitrogens with two attached hydrogens (primary N) is 1. The van der Waals surface area contributed by atoms with Crippen LogP contribution in [0.15, 0.2) is 54.6 Å². The van der Waals surface area contributed by atoms with Gasteiger partial charge in [-0.2, -0.15) is 15.0 Å². The number of nitrogens with one attached hydrogen (secondary N) is 3. The molecule has 1 aromatic heterocycles. The van der Waals surface area contributed by atoms with Crippen LogP contribution in [0, 0.1) is 5.41 Å². The van der Waals surface area contributed by atoms with Gasteiger partial charge in [0.2, 0.25) is 17.2 Å². The summed E-state index contributed by atoms with van der Waals surface area (Å²) in [5, 5.41) is 13.7. The predicted octanol–water partition coefficient (Wildman–Crippen LogP) is 3.21. The highest BCUT2D eigenvalue weighted by atomic mass is 35.5. The van der Waals surface area contributed by atoms with E-state index in [2.05, 4.69) is 37.7 Å². The Balaban J connectivity index is 1.64. The molecule has 8 heteroatoms. The topological polar surface area (TPSA) is 113 Å². The fourth-order valence-electron chi connectivity index (χ4n) is 2.31. The van der Waals surface area contributed by atoms with Crippen molar-refractivity contribution in [1.82, 2.24) is 15.0 Å². The largest absolute Gasteiger partial charge is 0.384 e. The number of nitrogens with zero attached hydrogens (tertiary/aromatic N) is 3. The lowest BCUT2D eigenvalue weighted by Crippen LogP contribution is -2.11. The van der Waals surface area contributed by atoms with E-state index in [1.54, 1.807) is 24.3 Å². The molecule has 3 aromatic rings. The van der Waals surface area contributed by atoms with Crippen molar-refractivity contribution in [2.24, 2.45) is 5.73 Å². The number of hydrogen-bond donors (Lipinski definition) is 4. The molecular weight excluding hydrogens is 350 g/mol. The van der Waals surface area contributed by atoms with Crippen LogP contribution >= 0.6 is 11.6 Å². The van der Waals surface area contributed by atoms with Gasteiger partial charge in [0.15, 0.2) is 0 Å².